The van der Waals surface area contributed by atoms with E-state index in [1.807, 2.05) is 25.1 Å². The molecule has 0 aliphatic carbocycles. The first kappa shape index (κ1) is 15.1. The predicted octanol–water partition coefficient (Wildman–Crippen LogP) is 2.13. The van der Waals surface area contributed by atoms with E-state index in [0.29, 0.717) is 10.3 Å². The highest BCUT2D eigenvalue weighted by molar-refractivity contribution is 7.97. The van der Waals surface area contributed by atoms with Gasteiger partial charge in [-0.3, -0.25) is 0 Å². The normalized spacial score (nSPS) is 17.7. The Bertz CT molecular complexity index is 527. The van der Waals surface area contributed by atoms with Crippen LogP contribution in [0.15, 0.2) is 28.2 Å². The molecule has 0 saturated carbocycles. The van der Waals surface area contributed by atoms with Crippen molar-refractivity contribution in [2.24, 2.45) is 9.98 Å². The van der Waals surface area contributed by atoms with Gasteiger partial charge in [0.25, 0.3) is 0 Å². The summed E-state index contributed by atoms with van der Waals surface area (Å²) in [5, 5.41) is 3.63. The van der Waals surface area contributed by atoms with Crippen LogP contribution < -0.4 is 10.2 Å². The van der Waals surface area contributed by atoms with Crippen LogP contribution in [-0.4, -0.2) is 41.6 Å². The van der Waals surface area contributed by atoms with Crippen molar-refractivity contribution in [3.8, 4) is 0 Å². The number of hydrogen-bond donors (Lipinski definition) is 2. The number of aromatic nitrogens is 1. The highest BCUT2D eigenvalue weighted by Crippen LogP contribution is 2.18. The first-order valence-electron chi connectivity index (χ1n) is 6.50. The molecule has 0 bridgehead atoms. The molecule has 1 aromatic rings. The molecule has 0 spiro atoms. The van der Waals surface area contributed by atoms with Crippen LogP contribution in [0.1, 0.15) is 19.0 Å². The molecule has 108 valence electrons. The van der Waals surface area contributed by atoms with Crippen LogP contribution in [0.25, 0.3) is 0 Å². The summed E-state index contributed by atoms with van der Waals surface area (Å²) in [6.45, 7) is 3.97. The number of pyridine rings is 1. The van der Waals surface area contributed by atoms with Gasteiger partial charge >= 0.3 is 0 Å². The number of nitrogens with one attached hydrogen (secondary N) is 1. The van der Waals surface area contributed by atoms with Crippen molar-refractivity contribution in [1.82, 2.24) is 10.3 Å². The van der Waals surface area contributed by atoms with Gasteiger partial charge in [-0.05, 0) is 37.1 Å². The van der Waals surface area contributed by atoms with Gasteiger partial charge in [0.2, 0.25) is 0 Å². The van der Waals surface area contributed by atoms with Crippen LogP contribution in [0, 0.1) is 0 Å². The van der Waals surface area contributed by atoms with Crippen LogP contribution in [0.2, 0.25) is 0 Å². The van der Waals surface area contributed by atoms with E-state index in [2.05, 4.69) is 37.8 Å². The van der Waals surface area contributed by atoms with Crippen molar-refractivity contribution < 1.29 is 0 Å². The third kappa shape index (κ3) is 3.86. The molecule has 0 radical (unpaired) electrons. The van der Waals surface area contributed by atoms with Gasteiger partial charge in [-0.1, -0.05) is 6.07 Å². The molecule has 1 aliphatic rings. The Morgan fingerprint density at radius 3 is 2.80 bits per heavy atom. The van der Waals surface area contributed by atoms with E-state index in [1.165, 1.54) is 6.42 Å². The highest BCUT2D eigenvalue weighted by atomic mass is 35.5. The van der Waals surface area contributed by atoms with Crippen LogP contribution >= 0.6 is 24.2 Å². The summed E-state index contributed by atoms with van der Waals surface area (Å²) in [5.74, 6) is 0.972. The second-order valence-corrected chi connectivity index (χ2v) is 5.26. The molecule has 1 unspecified atom stereocenters. The number of amidine groups is 1. The maximum absolute atomic E-state index is 5.81. The number of rotatable bonds is 4. The second-order valence-electron chi connectivity index (χ2n) is 4.48. The fourth-order valence-electron chi connectivity index (χ4n) is 1.77. The summed E-state index contributed by atoms with van der Waals surface area (Å²) in [7, 11) is 1.71. The monoisotopic (exact) mass is 311 g/mol. The van der Waals surface area contributed by atoms with E-state index in [9.17, 15) is 0 Å². The van der Waals surface area contributed by atoms with E-state index < -0.39 is 0 Å². The molecule has 7 heteroatoms. The molecular weight excluding hydrogens is 294 g/mol. The van der Waals surface area contributed by atoms with Gasteiger partial charge in [0.1, 0.15) is 17.0 Å². The maximum atomic E-state index is 5.81. The predicted molar refractivity (Wildman–Crippen MR) is 88.4 cm³/mol. The molecule has 2 heterocycles. The van der Waals surface area contributed by atoms with Crippen molar-refractivity contribution in [1.29, 1.82) is 0 Å². The van der Waals surface area contributed by atoms with Crippen molar-refractivity contribution in [2.75, 3.05) is 25.0 Å². The Morgan fingerprint density at radius 2 is 2.20 bits per heavy atom. The molecule has 1 fully saturated rings. The topological polar surface area (TPSA) is 52.9 Å². The van der Waals surface area contributed by atoms with E-state index in [1.54, 1.807) is 7.05 Å². The zero-order valence-corrected chi connectivity index (χ0v) is 13.2. The standard InChI is InChI=1S/C13H18ClN5S/c1-9(17-13(14)15-2)16-12(20)10-5-3-6-11(18-10)19-7-4-8-19/h3,5-6,9H,4,7-8H2,1-2H3,(H,15,17)(H,16,20). The minimum absolute atomic E-state index is 0.308. The lowest BCUT2D eigenvalue weighted by molar-refractivity contribution is 0.609. The summed E-state index contributed by atoms with van der Waals surface area (Å²) in [6.07, 6.45) is 0.916. The second kappa shape index (κ2) is 6.95. The largest absolute Gasteiger partial charge is 0.364 e. The van der Waals surface area contributed by atoms with Gasteiger partial charge in [0.05, 0.1) is 5.69 Å². The quantitative estimate of drug-likeness (QED) is 0.388. The van der Waals surface area contributed by atoms with Crippen molar-refractivity contribution in [2.45, 2.75) is 19.5 Å². The van der Waals surface area contributed by atoms with E-state index in [-0.39, 0.29) is 6.17 Å². The van der Waals surface area contributed by atoms with Crippen molar-refractivity contribution >= 4 is 40.4 Å². The summed E-state index contributed by atoms with van der Waals surface area (Å²) < 4.78 is 0. The average Bonchev–Trinajstić information content (AvgIpc) is 2.36. The molecule has 5 nitrogen and oxygen atoms in total. The third-order valence-corrected chi connectivity index (χ3v) is 3.59. The Kier molecular flexibility index (Phi) is 5.25. The van der Waals surface area contributed by atoms with Gasteiger partial charge in [-0.15, -0.1) is 12.6 Å². The minimum atomic E-state index is -0.308. The lowest BCUT2D eigenvalue weighted by atomic mass is 10.2. The van der Waals surface area contributed by atoms with E-state index in [0.717, 1.165) is 24.6 Å². The summed E-state index contributed by atoms with van der Waals surface area (Å²) in [4.78, 5) is 15.3. The Hall–Kier alpha value is -1.27. The van der Waals surface area contributed by atoms with Crippen LogP contribution in [0.3, 0.4) is 0 Å². The first-order valence-corrected chi connectivity index (χ1v) is 7.33. The fourth-order valence-corrected chi connectivity index (χ4v) is 2.20. The molecule has 20 heavy (non-hydrogen) atoms. The number of hydrogen-bond acceptors (Lipinski definition) is 4. The van der Waals surface area contributed by atoms with Crippen LogP contribution in [-0.2, 0) is 0 Å². The molecule has 0 aromatic carbocycles. The number of nitrogens with zero attached hydrogens (tertiary/aromatic N) is 4. The lowest BCUT2D eigenvalue weighted by Gasteiger charge is -2.32. The SMILES string of the molecule is CN/C(Cl)=N\C(C)/N=C(\S)c1cccc(N2CCC2)n1. The van der Waals surface area contributed by atoms with E-state index >= 15 is 0 Å². The average molecular weight is 312 g/mol. The third-order valence-electron chi connectivity index (χ3n) is 2.96. The summed E-state index contributed by atoms with van der Waals surface area (Å²) in [5.41, 5.74) is 0.750. The highest BCUT2D eigenvalue weighted by Gasteiger charge is 2.16. The molecule has 1 N–H and O–H groups in total. The molecule has 1 atom stereocenters. The molecule has 2 rings (SSSR count). The Morgan fingerprint density at radius 1 is 1.45 bits per heavy atom. The molecule has 1 saturated heterocycles. The first-order chi connectivity index (χ1) is 9.60. The van der Waals surface area contributed by atoms with Gasteiger partial charge in [0, 0.05) is 20.1 Å². The zero-order valence-electron chi connectivity index (χ0n) is 11.5. The zero-order chi connectivity index (χ0) is 14.5. The maximum Gasteiger partial charge on any atom is 0.193 e. The molecule has 0 amide bonds. The smallest absolute Gasteiger partial charge is 0.193 e. The number of anilines is 1. The molecule has 1 aliphatic heterocycles. The number of halogens is 1. The summed E-state index contributed by atoms with van der Waals surface area (Å²) >= 11 is 10.2. The Balaban J connectivity index is 2.13. The van der Waals surface area contributed by atoms with Crippen LogP contribution in [0.4, 0.5) is 5.82 Å². The van der Waals surface area contributed by atoms with E-state index in [4.69, 9.17) is 11.6 Å². The minimum Gasteiger partial charge on any atom is -0.364 e. The molecule has 1 aromatic heterocycles. The van der Waals surface area contributed by atoms with Crippen molar-refractivity contribution in [3.05, 3.63) is 23.9 Å². The number of thiol groups is 1. The van der Waals surface area contributed by atoms with Gasteiger partial charge < -0.3 is 10.2 Å². The van der Waals surface area contributed by atoms with Gasteiger partial charge in [0.15, 0.2) is 5.29 Å². The summed E-state index contributed by atoms with van der Waals surface area (Å²) in [6, 6.07) is 5.87. The Labute approximate surface area is 129 Å². The van der Waals surface area contributed by atoms with Crippen molar-refractivity contribution in [3.63, 3.8) is 0 Å². The molecular formula is C13H18ClN5S. The lowest BCUT2D eigenvalue weighted by Crippen LogP contribution is -2.37. The van der Waals surface area contributed by atoms with Gasteiger partial charge in [-0.25, -0.2) is 15.0 Å². The van der Waals surface area contributed by atoms with Crippen LogP contribution in [0.5, 0.6) is 0 Å². The fraction of sp³-hybridized carbons (Fsp3) is 0.462. The number of aliphatic imine (C=N–C) groups is 2. The van der Waals surface area contributed by atoms with Gasteiger partial charge in [-0.2, -0.15) is 0 Å².